The molecule has 0 bridgehead atoms. The third-order valence-electron chi connectivity index (χ3n) is 7.10. The number of rotatable bonds is 3. The summed E-state index contributed by atoms with van der Waals surface area (Å²) >= 11 is 0. The minimum absolute atomic E-state index is 0.0282. The zero-order chi connectivity index (χ0) is 21.5. The summed E-state index contributed by atoms with van der Waals surface area (Å²) in [6.07, 6.45) is 5.39. The van der Waals surface area contributed by atoms with Crippen molar-refractivity contribution in [3.63, 3.8) is 0 Å². The molecule has 3 fully saturated rings. The normalized spacial score (nSPS) is 33.2. The molecule has 166 valence electrons. The van der Waals surface area contributed by atoms with E-state index in [1.165, 1.54) is 23.6 Å². The molecule has 2 aliphatic heterocycles. The fourth-order valence-electron chi connectivity index (χ4n) is 5.60. The highest BCUT2D eigenvalue weighted by molar-refractivity contribution is 7.89. The maximum Gasteiger partial charge on any atom is 0.254 e. The Balaban J connectivity index is 1.58. The standard InChI is InChI=1S/C23H34N2O4S/c1-16-11-12-25(22-10-5-4-9-21(16)22)23(26)19-7-6-8-20(13-19)30(27,28)24-14-17(2)29-18(3)15-24/h6-8,13,16-18,21-22H,4-5,9-12,14-15H2,1-3H3. The Bertz CT molecular complexity index is 877. The first-order chi connectivity index (χ1) is 14.3. The van der Waals surface area contributed by atoms with Gasteiger partial charge in [0.15, 0.2) is 0 Å². The molecule has 1 saturated carbocycles. The van der Waals surface area contributed by atoms with Gasteiger partial charge < -0.3 is 9.64 Å². The van der Waals surface area contributed by atoms with E-state index < -0.39 is 10.0 Å². The van der Waals surface area contributed by atoms with Crippen molar-refractivity contribution in [3.8, 4) is 0 Å². The number of amides is 1. The van der Waals surface area contributed by atoms with Crippen LogP contribution in [0.1, 0.15) is 63.2 Å². The van der Waals surface area contributed by atoms with Crippen molar-refractivity contribution in [2.24, 2.45) is 11.8 Å². The second-order valence-electron chi connectivity index (χ2n) is 9.39. The van der Waals surface area contributed by atoms with Crippen molar-refractivity contribution >= 4 is 15.9 Å². The quantitative estimate of drug-likeness (QED) is 0.730. The van der Waals surface area contributed by atoms with Gasteiger partial charge >= 0.3 is 0 Å². The van der Waals surface area contributed by atoms with Crippen LogP contribution in [-0.2, 0) is 14.8 Å². The lowest BCUT2D eigenvalue weighted by atomic mass is 9.72. The second kappa shape index (κ2) is 8.60. The molecule has 30 heavy (non-hydrogen) atoms. The number of sulfonamides is 1. The predicted octanol–water partition coefficient (Wildman–Crippen LogP) is 3.53. The molecule has 7 heteroatoms. The summed E-state index contributed by atoms with van der Waals surface area (Å²) in [7, 11) is -3.66. The Morgan fingerprint density at radius 2 is 1.73 bits per heavy atom. The van der Waals surface area contributed by atoms with Gasteiger partial charge in [0.05, 0.1) is 17.1 Å². The first-order valence-corrected chi connectivity index (χ1v) is 12.8. The van der Waals surface area contributed by atoms with Crippen LogP contribution >= 0.6 is 0 Å². The molecular formula is C23H34N2O4S. The average Bonchev–Trinajstić information content (AvgIpc) is 2.73. The Kier molecular flexibility index (Phi) is 6.24. The maximum atomic E-state index is 13.4. The lowest BCUT2D eigenvalue weighted by Crippen LogP contribution is -2.52. The molecule has 4 rings (SSSR count). The fourth-order valence-corrected chi connectivity index (χ4v) is 7.23. The molecule has 2 saturated heterocycles. The Hall–Kier alpha value is -1.44. The fraction of sp³-hybridized carbons (Fsp3) is 0.696. The molecule has 5 atom stereocenters. The number of benzene rings is 1. The molecular weight excluding hydrogens is 400 g/mol. The highest BCUT2D eigenvalue weighted by Crippen LogP contribution is 2.39. The van der Waals surface area contributed by atoms with Gasteiger partial charge in [-0.1, -0.05) is 25.8 Å². The molecule has 3 aliphatic rings. The number of carbonyl (C=O) groups excluding carboxylic acids is 1. The van der Waals surface area contributed by atoms with Gasteiger partial charge in [-0.05, 0) is 63.1 Å². The number of ether oxygens (including phenoxy) is 1. The molecule has 0 spiro atoms. The van der Waals surface area contributed by atoms with Gasteiger partial charge in [-0.3, -0.25) is 4.79 Å². The first-order valence-electron chi connectivity index (χ1n) is 11.3. The molecule has 0 N–H and O–H groups in total. The summed E-state index contributed by atoms with van der Waals surface area (Å²) in [5.41, 5.74) is 0.476. The largest absolute Gasteiger partial charge is 0.373 e. The zero-order valence-electron chi connectivity index (χ0n) is 18.3. The Morgan fingerprint density at radius 3 is 2.47 bits per heavy atom. The van der Waals surface area contributed by atoms with Gasteiger partial charge in [0, 0.05) is 31.2 Å². The van der Waals surface area contributed by atoms with Crippen LogP contribution in [0.2, 0.25) is 0 Å². The summed E-state index contributed by atoms with van der Waals surface area (Å²) in [6, 6.07) is 6.90. The van der Waals surface area contributed by atoms with Crippen LogP contribution in [0, 0.1) is 11.8 Å². The Morgan fingerprint density at radius 1 is 1.03 bits per heavy atom. The molecule has 1 aliphatic carbocycles. The molecule has 2 heterocycles. The van der Waals surface area contributed by atoms with Gasteiger partial charge in [-0.25, -0.2) is 8.42 Å². The summed E-state index contributed by atoms with van der Waals surface area (Å²) in [6.45, 7) is 7.50. The molecule has 0 radical (unpaired) electrons. The third-order valence-corrected chi connectivity index (χ3v) is 8.93. The highest BCUT2D eigenvalue weighted by Gasteiger charge is 2.40. The van der Waals surface area contributed by atoms with E-state index in [9.17, 15) is 13.2 Å². The molecule has 6 nitrogen and oxygen atoms in total. The van der Waals surface area contributed by atoms with E-state index in [1.54, 1.807) is 24.3 Å². The van der Waals surface area contributed by atoms with Gasteiger partial charge in [0.1, 0.15) is 0 Å². The number of hydrogen-bond acceptors (Lipinski definition) is 4. The molecule has 1 amide bonds. The number of hydrogen-bond donors (Lipinski definition) is 0. The molecule has 0 aromatic heterocycles. The lowest BCUT2D eigenvalue weighted by Gasteiger charge is -2.47. The zero-order valence-corrected chi connectivity index (χ0v) is 19.1. The van der Waals surface area contributed by atoms with Crippen molar-refractivity contribution in [1.82, 2.24) is 9.21 Å². The van der Waals surface area contributed by atoms with E-state index in [0.717, 1.165) is 19.4 Å². The molecule has 1 aromatic carbocycles. The third kappa shape index (κ3) is 4.16. The topological polar surface area (TPSA) is 66.9 Å². The summed E-state index contributed by atoms with van der Waals surface area (Å²) in [4.78, 5) is 15.6. The van der Waals surface area contributed by atoms with Gasteiger partial charge in [-0.2, -0.15) is 4.31 Å². The molecule has 5 unspecified atom stereocenters. The number of likely N-dealkylation sites (tertiary alicyclic amines) is 1. The minimum atomic E-state index is -3.66. The van der Waals surface area contributed by atoms with Crippen LogP contribution in [0.25, 0.3) is 0 Å². The van der Waals surface area contributed by atoms with Gasteiger partial charge in [0.2, 0.25) is 10.0 Å². The van der Waals surface area contributed by atoms with Crippen molar-refractivity contribution in [2.45, 2.75) is 76.0 Å². The number of morpholine rings is 1. The first kappa shape index (κ1) is 21.8. The Labute approximate surface area is 180 Å². The highest BCUT2D eigenvalue weighted by atomic mass is 32.2. The van der Waals surface area contributed by atoms with Crippen LogP contribution in [-0.4, -0.2) is 61.4 Å². The van der Waals surface area contributed by atoms with Crippen LogP contribution in [0.15, 0.2) is 29.2 Å². The number of piperidine rings is 1. The van der Waals surface area contributed by atoms with Gasteiger partial charge in [0.25, 0.3) is 5.91 Å². The van der Waals surface area contributed by atoms with E-state index in [0.29, 0.717) is 30.5 Å². The average molecular weight is 435 g/mol. The van der Waals surface area contributed by atoms with Crippen molar-refractivity contribution < 1.29 is 17.9 Å². The minimum Gasteiger partial charge on any atom is -0.373 e. The monoisotopic (exact) mass is 434 g/mol. The SMILES string of the molecule is CC1CN(S(=O)(=O)c2cccc(C(=O)N3CCC(C)C4CCCCC43)c2)CC(C)O1. The second-order valence-corrected chi connectivity index (χ2v) is 11.3. The number of fused-ring (bicyclic) bond motifs is 1. The maximum absolute atomic E-state index is 13.4. The lowest BCUT2D eigenvalue weighted by molar-refractivity contribution is -0.0440. The van der Waals surface area contributed by atoms with Crippen molar-refractivity contribution in [2.75, 3.05) is 19.6 Å². The summed E-state index contributed by atoms with van der Waals surface area (Å²) < 4.78 is 33.7. The van der Waals surface area contributed by atoms with Crippen LogP contribution in [0.4, 0.5) is 0 Å². The predicted molar refractivity (Wildman–Crippen MR) is 116 cm³/mol. The number of nitrogens with zero attached hydrogens (tertiary/aromatic N) is 2. The van der Waals surface area contributed by atoms with E-state index >= 15 is 0 Å². The van der Waals surface area contributed by atoms with Crippen LogP contribution in [0.5, 0.6) is 0 Å². The van der Waals surface area contributed by atoms with E-state index in [4.69, 9.17) is 4.74 Å². The van der Waals surface area contributed by atoms with Crippen molar-refractivity contribution in [3.05, 3.63) is 29.8 Å². The summed E-state index contributed by atoms with van der Waals surface area (Å²) in [5, 5.41) is 0. The smallest absolute Gasteiger partial charge is 0.254 e. The van der Waals surface area contributed by atoms with Gasteiger partial charge in [-0.15, -0.1) is 0 Å². The van der Waals surface area contributed by atoms with E-state index in [-0.39, 0.29) is 29.1 Å². The van der Waals surface area contributed by atoms with E-state index in [1.807, 2.05) is 18.7 Å². The number of carbonyl (C=O) groups is 1. The van der Waals surface area contributed by atoms with Crippen molar-refractivity contribution in [1.29, 1.82) is 0 Å². The van der Waals surface area contributed by atoms with E-state index in [2.05, 4.69) is 6.92 Å². The summed E-state index contributed by atoms with van der Waals surface area (Å²) in [5.74, 6) is 1.19. The van der Waals surface area contributed by atoms with Crippen LogP contribution < -0.4 is 0 Å². The molecule has 1 aromatic rings. The van der Waals surface area contributed by atoms with Crippen LogP contribution in [0.3, 0.4) is 0 Å².